The van der Waals surface area contributed by atoms with Crippen molar-refractivity contribution in [2.45, 2.75) is 45.1 Å². The van der Waals surface area contributed by atoms with Crippen LogP contribution < -0.4 is 24.6 Å². The fourth-order valence-electron chi connectivity index (χ4n) is 6.49. The molecular formula is C35H40FN5O3. The molecule has 3 aromatic carbocycles. The molecule has 1 aromatic heterocycles. The first-order valence-electron chi connectivity index (χ1n) is 15.5. The minimum absolute atomic E-state index is 0.0237. The van der Waals surface area contributed by atoms with E-state index < -0.39 is 5.41 Å². The van der Waals surface area contributed by atoms with Gasteiger partial charge in [0, 0.05) is 44.2 Å². The maximum atomic E-state index is 13.9. The van der Waals surface area contributed by atoms with Gasteiger partial charge in [0.05, 0.1) is 25.2 Å². The van der Waals surface area contributed by atoms with Crippen molar-refractivity contribution in [1.82, 2.24) is 15.3 Å². The summed E-state index contributed by atoms with van der Waals surface area (Å²) in [6.45, 7) is 3.60. The number of carbonyl (C=O) groups excluding carboxylic acids is 1. The van der Waals surface area contributed by atoms with Gasteiger partial charge in [0.25, 0.3) is 0 Å². The molecule has 9 heteroatoms. The van der Waals surface area contributed by atoms with Crippen LogP contribution in [0.4, 0.5) is 16.2 Å². The molecule has 2 saturated heterocycles. The lowest BCUT2D eigenvalue weighted by Crippen LogP contribution is -2.50. The number of hydrogen-bond acceptors (Lipinski definition) is 7. The van der Waals surface area contributed by atoms with Crippen LogP contribution in [0.1, 0.15) is 43.2 Å². The highest BCUT2D eigenvalue weighted by Gasteiger charge is 2.42. The Balaban J connectivity index is 1.29. The Morgan fingerprint density at radius 3 is 2.20 bits per heavy atom. The third-order valence-corrected chi connectivity index (χ3v) is 9.06. The van der Waals surface area contributed by atoms with Crippen LogP contribution in [-0.4, -0.2) is 56.3 Å². The van der Waals surface area contributed by atoms with Crippen molar-refractivity contribution in [3.63, 3.8) is 0 Å². The summed E-state index contributed by atoms with van der Waals surface area (Å²) in [5, 5.41) is 4.14. The molecule has 0 saturated carbocycles. The molecule has 0 spiro atoms. The summed E-state index contributed by atoms with van der Waals surface area (Å²) in [6, 6.07) is 20.3. The highest BCUT2D eigenvalue weighted by molar-refractivity contribution is 5.93. The first-order chi connectivity index (χ1) is 21.5. The Hall–Kier alpha value is -4.40. The Morgan fingerprint density at radius 2 is 1.52 bits per heavy atom. The number of benzene rings is 3. The molecular weight excluding hydrogens is 557 g/mol. The number of aromatic nitrogens is 2. The number of hydrogen-bond donors (Lipinski definition) is 1. The topological polar surface area (TPSA) is 79.8 Å². The molecule has 2 aliphatic rings. The predicted molar refractivity (Wildman–Crippen MR) is 171 cm³/mol. The highest BCUT2D eigenvalue weighted by Crippen LogP contribution is 2.40. The molecule has 0 unspecified atom stereocenters. The lowest BCUT2D eigenvalue weighted by molar-refractivity contribution is -0.132. The average molecular weight is 598 g/mol. The van der Waals surface area contributed by atoms with Crippen LogP contribution in [0.25, 0.3) is 10.9 Å². The standard InChI is InChI=1S/C35H40FN5O3/c1-43-30-21-28-29(22-31(30)44-2)38-34(39-32(28)40-17-7-4-8-18-40)41-19-15-35(16-20-41,23-25-11-13-27(36)14-12-25)33(42)37-24-26-9-5-3-6-10-26/h3,5-6,9-14,21-22H,4,7-8,15-20,23-24H2,1-2H3,(H,37,42). The van der Waals surface area contributed by atoms with E-state index in [4.69, 9.17) is 19.4 Å². The number of amides is 1. The highest BCUT2D eigenvalue weighted by atomic mass is 19.1. The van der Waals surface area contributed by atoms with E-state index in [1.807, 2.05) is 42.5 Å². The van der Waals surface area contributed by atoms with Gasteiger partial charge in [0.1, 0.15) is 11.6 Å². The second-order valence-electron chi connectivity index (χ2n) is 11.9. The fraction of sp³-hybridized carbons (Fsp3) is 0.400. The molecule has 230 valence electrons. The number of nitrogens with zero attached hydrogens (tertiary/aromatic N) is 4. The van der Waals surface area contributed by atoms with Gasteiger partial charge in [-0.15, -0.1) is 0 Å². The van der Waals surface area contributed by atoms with Crippen molar-refractivity contribution in [1.29, 1.82) is 0 Å². The number of anilines is 2. The molecule has 6 rings (SSSR count). The molecule has 0 bridgehead atoms. The molecule has 4 aromatic rings. The summed E-state index contributed by atoms with van der Waals surface area (Å²) in [5.74, 6) is 2.59. The average Bonchev–Trinajstić information content (AvgIpc) is 3.08. The van der Waals surface area contributed by atoms with Crippen LogP contribution in [0.2, 0.25) is 0 Å². The van der Waals surface area contributed by atoms with Crippen LogP contribution in [-0.2, 0) is 17.8 Å². The molecule has 2 aliphatic heterocycles. The summed E-state index contributed by atoms with van der Waals surface area (Å²) in [6.07, 6.45) is 5.26. The largest absolute Gasteiger partial charge is 0.493 e. The van der Waals surface area contributed by atoms with E-state index in [1.165, 1.54) is 18.6 Å². The van der Waals surface area contributed by atoms with Gasteiger partial charge >= 0.3 is 0 Å². The smallest absolute Gasteiger partial charge is 0.227 e. The van der Waals surface area contributed by atoms with Crippen LogP contribution in [0, 0.1) is 11.2 Å². The van der Waals surface area contributed by atoms with Crippen molar-refractivity contribution >= 4 is 28.6 Å². The quantitative estimate of drug-likeness (QED) is 0.257. The van der Waals surface area contributed by atoms with Crippen molar-refractivity contribution in [2.75, 3.05) is 50.2 Å². The van der Waals surface area contributed by atoms with Gasteiger partial charge in [0.2, 0.25) is 11.9 Å². The second-order valence-corrected chi connectivity index (χ2v) is 11.9. The number of ether oxygens (including phenoxy) is 2. The van der Waals surface area contributed by atoms with E-state index in [0.29, 0.717) is 56.3 Å². The van der Waals surface area contributed by atoms with Gasteiger partial charge in [0.15, 0.2) is 11.5 Å². The van der Waals surface area contributed by atoms with E-state index in [0.717, 1.165) is 53.8 Å². The Kier molecular flexibility index (Phi) is 8.82. The van der Waals surface area contributed by atoms with Gasteiger partial charge < -0.3 is 24.6 Å². The maximum absolute atomic E-state index is 13.9. The number of piperidine rings is 2. The molecule has 2 fully saturated rings. The van der Waals surface area contributed by atoms with Crippen molar-refractivity contribution < 1.29 is 18.7 Å². The molecule has 1 N–H and O–H groups in total. The van der Waals surface area contributed by atoms with Crippen LogP contribution >= 0.6 is 0 Å². The normalized spacial score (nSPS) is 16.5. The van der Waals surface area contributed by atoms with Gasteiger partial charge in [-0.3, -0.25) is 4.79 Å². The first kappa shape index (κ1) is 29.7. The number of methoxy groups -OCH3 is 2. The SMILES string of the molecule is COc1cc2nc(N3CCC(Cc4ccc(F)cc4)(C(=O)NCc4ccccc4)CC3)nc(N3CCCCC3)c2cc1OC. The van der Waals surface area contributed by atoms with Gasteiger partial charge in [-0.2, -0.15) is 4.98 Å². The van der Waals surface area contributed by atoms with Crippen molar-refractivity contribution in [2.24, 2.45) is 5.41 Å². The predicted octanol–water partition coefficient (Wildman–Crippen LogP) is 5.92. The third-order valence-electron chi connectivity index (χ3n) is 9.06. The van der Waals surface area contributed by atoms with Crippen LogP contribution in [0.3, 0.4) is 0 Å². The van der Waals surface area contributed by atoms with Crippen molar-refractivity contribution in [3.05, 3.63) is 83.7 Å². The van der Waals surface area contributed by atoms with Gasteiger partial charge in [-0.25, -0.2) is 9.37 Å². The zero-order valence-electron chi connectivity index (χ0n) is 25.5. The van der Waals surface area contributed by atoms with Crippen LogP contribution in [0.5, 0.6) is 11.5 Å². The third kappa shape index (κ3) is 6.27. The summed E-state index contributed by atoms with van der Waals surface area (Å²) in [5.41, 5.74) is 2.17. The minimum Gasteiger partial charge on any atom is -0.493 e. The van der Waals surface area contributed by atoms with E-state index >= 15 is 0 Å². The molecule has 0 aliphatic carbocycles. The lowest BCUT2D eigenvalue weighted by atomic mass is 9.73. The molecule has 1 amide bonds. The fourth-order valence-corrected chi connectivity index (χ4v) is 6.49. The van der Waals surface area contributed by atoms with Gasteiger partial charge in [-0.1, -0.05) is 42.5 Å². The molecule has 8 nitrogen and oxygen atoms in total. The van der Waals surface area contributed by atoms with Gasteiger partial charge in [-0.05, 0) is 67.9 Å². The first-order valence-corrected chi connectivity index (χ1v) is 15.5. The van der Waals surface area contributed by atoms with E-state index in [2.05, 4.69) is 15.1 Å². The molecule has 0 radical (unpaired) electrons. The Bertz CT molecular complexity index is 1580. The van der Waals surface area contributed by atoms with Crippen LogP contribution in [0.15, 0.2) is 66.7 Å². The Labute approximate surface area is 258 Å². The second kappa shape index (κ2) is 13.1. The van der Waals surface area contributed by atoms with E-state index in [1.54, 1.807) is 26.4 Å². The van der Waals surface area contributed by atoms with Crippen molar-refractivity contribution in [3.8, 4) is 11.5 Å². The minimum atomic E-state index is -0.633. The monoisotopic (exact) mass is 597 g/mol. The summed E-state index contributed by atoms with van der Waals surface area (Å²) >= 11 is 0. The zero-order chi connectivity index (χ0) is 30.5. The van der Waals surface area contributed by atoms with E-state index in [-0.39, 0.29) is 11.7 Å². The van der Waals surface area contributed by atoms with E-state index in [9.17, 15) is 9.18 Å². The molecule has 44 heavy (non-hydrogen) atoms. The number of carbonyl (C=O) groups is 1. The number of halogens is 1. The molecule has 3 heterocycles. The summed E-state index contributed by atoms with van der Waals surface area (Å²) in [7, 11) is 3.27. The zero-order valence-corrected chi connectivity index (χ0v) is 25.5. The summed E-state index contributed by atoms with van der Waals surface area (Å²) < 4.78 is 24.9. The number of fused-ring (bicyclic) bond motifs is 1. The number of rotatable bonds is 9. The molecule has 0 atom stereocenters. The number of nitrogens with one attached hydrogen (secondary N) is 1. The summed E-state index contributed by atoms with van der Waals surface area (Å²) in [4.78, 5) is 28.6. The Morgan fingerprint density at radius 1 is 0.841 bits per heavy atom. The maximum Gasteiger partial charge on any atom is 0.227 e. The lowest BCUT2D eigenvalue weighted by Gasteiger charge is -2.41.